The van der Waals surface area contributed by atoms with E-state index in [0.717, 1.165) is 6.92 Å². The van der Waals surface area contributed by atoms with Crippen LogP contribution in [-0.4, -0.2) is 110 Å². The number of alkyl carbamates (subject to hydrolysis) is 1. The number of benzene rings is 2. The first-order valence-corrected chi connectivity index (χ1v) is 19.0. The maximum absolute atomic E-state index is 14.8. The summed E-state index contributed by atoms with van der Waals surface area (Å²) in [5.41, 5.74) is -6.36. The molecule has 57 heavy (non-hydrogen) atoms. The van der Waals surface area contributed by atoms with Gasteiger partial charge in [0.15, 0.2) is 17.5 Å². The molecule has 4 aliphatic rings. The van der Waals surface area contributed by atoms with Crippen LogP contribution in [0, 0.1) is 17.3 Å². The summed E-state index contributed by atoms with van der Waals surface area (Å²) in [6.07, 6.45) is -11.3. The van der Waals surface area contributed by atoms with Crippen LogP contribution < -0.4 is 5.32 Å². The van der Waals surface area contributed by atoms with E-state index in [1.165, 1.54) is 32.9 Å². The van der Waals surface area contributed by atoms with Gasteiger partial charge in [0.1, 0.15) is 35.6 Å². The molecule has 3 fully saturated rings. The van der Waals surface area contributed by atoms with Gasteiger partial charge < -0.3 is 49.4 Å². The van der Waals surface area contributed by atoms with Crippen molar-refractivity contribution in [2.24, 2.45) is 17.3 Å². The Morgan fingerprint density at radius 2 is 1.60 bits per heavy atom. The van der Waals surface area contributed by atoms with Crippen LogP contribution in [0.5, 0.6) is 0 Å². The van der Waals surface area contributed by atoms with Crippen LogP contribution in [0.1, 0.15) is 83.3 Å². The summed E-state index contributed by atoms with van der Waals surface area (Å²) in [5.74, 6) is -6.48. The van der Waals surface area contributed by atoms with Gasteiger partial charge >= 0.3 is 24.0 Å². The van der Waals surface area contributed by atoms with Gasteiger partial charge in [-0.25, -0.2) is 14.4 Å². The number of esters is 3. The fraction of sp³-hybridized carbons (Fsp3) is 0.548. The van der Waals surface area contributed by atoms with E-state index in [2.05, 4.69) is 5.32 Å². The maximum Gasteiger partial charge on any atom is 0.408 e. The molecule has 0 spiro atoms. The zero-order chi connectivity index (χ0) is 41.8. The van der Waals surface area contributed by atoms with E-state index in [4.69, 9.17) is 23.7 Å². The van der Waals surface area contributed by atoms with Gasteiger partial charge in [-0.15, -0.1) is 0 Å². The first-order valence-electron chi connectivity index (χ1n) is 19.0. The summed E-state index contributed by atoms with van der Waals surface area (Å²) >= 11 is 0. The molecule has 2 saturated carbocycles. The second-order valence-corrected chi connectivity index (χ2v) is 16.8. The first kappa shape index (κ1) is 41.9. The Bertz CT molecular complexity index is 1930. The van der Waals surface area contributed by atoms with Crippen molar-refractivity contribution in [3.05, 3.63) is 82.9 Å². The lowest BCUT2D eigenvalue weighted by molar-refractivity contribution is -0.343. The summed E-state index contributed by atoms with van der Waals surface area (Å²) in [6, 6.07) is 14.6. The molecule has 1 amide bonds. The van der Waals surface area contributed by atoms with Gasteiger partial charge in [0.2, 0.25) is 0 Å². The molecular formula is C42H51NO14. The minimum Gasteiger partial charge on any atom is -0.456 e. The number of ether oxygens (including phenoxy) is 5. The Labute approximate surface area is 330 Å². The molecule has 1 aliphatic heterocycles. The standard InChI is InChI=1S/C42H51NO14/c1-21-26(54-37(50)32(47)30(24-14-10-8-11-15-24)43-38(51)57-39(4,5)6)19-41(52)22(2)29(21)31(46)34(48)40(7)27(45)18-28-42(20-53-28,56-23(3)44)33(40)35(41)55-36(49)25-16-12-9-13-17-25/h8-17,22,26-28,30-33,35,45-47,52H,18-20H2,1-7H3,(H,43,51)/t22-,26+,27+,28-,30+,31-,32-,33+,35+,40-,41+,42+/m1/s1. The van der Waals surface area contributed by atoms with Crippen molar-refractivity contribution in [1.29, 1.82) is 0 Å². The number of hydrogen-bond acceptors (Lipinski definition) is 14. The SMILES string of the molecule is CC(=O)O[C@@]12CO[C@@H]1C[C@H](O)[C@@]1(C)C(=O)[C@H](O)C3=C(C)[C@@H](OC(=O)[C@H](O)[C@@H](NC(=O)OC(C)(C)C)c4ccccc4)C[C@](O)([C@@H]3C)[C@@H](OC(=O)c3ccccc3)[C@H]21. The number of carbonyl (C=O) groups excluding carboxylic acids is 5. The lowest BCUT2D eigenvalue weighted by Gasteiger charge is -2.66. The molecule has 6 rings (SSSR count). The maximum atomic E-state index is 14.8. The number of aliphatic hydroxyl groups is 4. The van der Waals surface area contributed by atoms with Crippen molar-refractivity contribution < 1.29 is 68.1 Å². The fourth-order valence-electron chi connectivity index (χ4n) is 9.21. The molecular weight excluding hydrogens is 742 g/mol. The lowest BCUT2D eigenvalue weighted by Crippen LogP contribution is -2.81. The van der Waals surface area contributed by atoms with Crippen LogP contribution in [0.2, 0.25) is 0 Å². The van der Waals surface area contributed by atoms with Gasteiger partial charge in [0.25, 0.3) is 0 Å². The minimum absolute atomic E-state index is 0.0475. The molecule has 12 atom stereocenters. The molecule has 2 bridgehead atoms. The summed E-state index contributed by atoms with van der Waals surface area (Å²) in [5, 5.41) is 51.0. The van der Waals surface area contributed by atoms with Gasteiger partial charge in [0.05, 0.1) is 35.6 Å². The fourth-order valence-corrected chi connectivity index (χ4v) is 9.21. The Morgan fingerprint density at radius 1 is 0.982 bits per heavy atom. The number of hydrogen-bond donors (Lipinski definition) is 5. The Morgan fingerprint density at radius 3 is 2.16 bits per heavy atom. The average Bonchev–Trinajstić information content (AvgIpc) is 3.15. The molecule has 2 aromatic rings. The van der Waals surface area contributed by atoms with E-state index in [0.29, 0.717) is 5.56 Å². The summed E-state index contributed by atoms with van der Waals surface area (Å²) < 4.78 is 29.3. The van der Waals surface area contributed by atoms with Crippen molar-refractivity contribution in [1.82, 2.24) is 5.32 Å². The molecule has 2 aromatic carbocycles. The largest absolute Gasteiger partial charge is 0.456 e. The monoisotopic (exact) mass is 793 g/mol. The summed E-state index contributed by atoms with van der Waals surface area (Å²) in [4.78, 5) is 68.5. The molecule has 3 aliphatic carbocycles. The topological polar surface area (TPSA) is 224 Å². The highest BCUT2D eigenvalue weighted by atomic mass is 16.6. The number of amides is 1. The molecule has 0 radical (unpaired) electrons. The van der Waals surface area contributed by atoms with Crippen LogP contribution in [0.15, 0.2) is 71.8 Å². The Kier molecular flexibility index (Phi) is 11.2. The van der Waals surface area contributed by atoms with Crippen LogP contribution >= 0.6 is 0 Å². The number of nitrogens with one attached hydrogen (secondary N) is 1. The zero-order valence-electron chi connectivity index (χ0n) is 33.0. The normalized spacial score (nSPS) is 34.4. The molecule has 1 saturated heterocycles. The molecule has 15 nitrogen and oxygen atoms in total. The molecule has 5 N–H and O–H groups in total. The van der Waals surface area contributed by atoms with Gasteiger partial charge in [0, 0.05) is 25.7 Å². The van der Waals surface area contributed by atoms with E-state index in [9.17, 15) is 44.4 Å². The molecule has 308 valence electrons. The smallest absolute Gasteiger partial charge is 0.408 e. The van der Waals surface area contributed by atoms with Gasteiger partial charge in [-0.1, -0.05) is 55.5 Å². The lowest BCUT2D eigenvalue weighted by atomic mass is 9.47. The van der Waals surface area contributed by atoms with Gasteiger partial charge in [-0.2, -0.15) is 0 Å². The predicted octanol–water partition coefficient (Wildman–Crippen LogP) is 2.87. The average molecular weight is 794 g/mol. The highest BCUT2D eigenvalue weighted by Crippen LogP contribution is 2.61. The van der Waals surface area contributed by atoms with Gasteiger partial charge in [-0.3, -0.25) is 9.59 Å². The second kappa shape index (κ2) is 15.3. The number of aliphatic hydroxyl groups excluding tert-OH is 3. The summed E-state index contributed by atoms with van der Waals surface area (Å²) in [7, 11) is 0. The van der Waals surface area contributed by atoms with Crippen molar-refractivity contribution >= 4 is 29.8 Å². The van der Waals surface area contributed by atoms with Crippen LogP contribution in [0.25, 0.3) is 0 Å². The third kappa shape index (κ3) is 7.35. The first-order chi connectivity index (χ1) is 26.7. The number of carbonyl (C=O) groups is 5. The van der Waals surface area contributed by atoms with E-state index >= 15 is 0 Å². The molecule has 0 aromatic heterocycles. The quantitative estimate of drug-likeness (QED) is 0.147. The van der Waals surface area contributed by atoms with Crippen molar-refractivity contribution in [2.45, 2.75) is 121 Å². The predicted molar refractivity (Wildman–Crippen MR) is 199 cm³/mol. The molecule has 1 heterocycles. The van der Waals surface area contributed by atoms with Crippen molar-refractivity contribution in [3.63, 3.8) is 0 Å². The Hall–Kier alpha value is -4.67. The highest BCUT2D eigenvalue weighted by Gasteiger charge is 2.76. The summed E-state index contributed by atoms with van der Waals surface area (Å²) in [6.45, 7) is 10.2. The Balaban J connectivity index is 1.46. The molecule has 0 unspecified atom stereocenters. The van der Waals surface area contributed by atoms with Crippen LogP contribution in [0.3, 0.4) is 0 Å². The number of fused-ring (bicyclic) bond motifs is 5. The molecule has 15 heteroatoms. The third-order valence-electron chi connectivity index (χ3n) is 12.1. The minimum atomic E-state index is -2.29. The van der Waals surface area contributed by atoms with Crippen molar-refractivity contribution in [2.75, 3.05) is 6.61 Å². The van der Waals surface area contributed by atoms with Crippen molar-refractivity contribution in [3.8, 4) is 0 Å². The third-order valence-corrected chi connectivity index (χ3v) is 12.1. The number of rotatable bonds is 8. The second-order valence-electron chi connectivity index (χ2n) is 16.8. The van der Waals surface area contributed by atoms with Gasteiger partial charge in [-0.05, 0) is 63.5 Å². The number of ketones is 1. The number of Topliss-reactive ketones (excluding diaryl/α,β-unsaturated/α-hetero) is 1. The van der Waals surface area contributed by atoms with E-state index in [1.807, 2.05) is 0 Å². The zero-order valence-corrected chi connectivity index (χ0v) is 33.0. The van der Waals surface area contributed by atoms with E-state index < -0.39 is 113 Å². The van der Waals surface area contributed by atoms with Crippen LogP contribution in [-0.2, 0) is 38.1 Å². The van der Waals surface area contributed by atoms with E-state index in [1.54, 1.807) is 69.3 Å². The van der Waals surface area contributed by atoms with E-state index in [-0.39, 0.29) is 29.7 Å². The highest BCUT2D eigenvalue weighted by molar-refractivity contribution is 5.94. The van der Waals surface area contributed by atoms with Crippen LogP contribution in [0.4, 0.5) is 4.79 Å².